The Hall–Kier alpha value is -4.46. The zero-order valence-corrected chi connectivity index (χ0v) is 19.5. The van der Waals surface area contributed by atoms with Crippen LogP contribution >= 0.6 is 0 Å². The molecule has 0 unspecified atom stereocenters. The molecule has 0 bridgehead atoms. The summed E-state index contributed by atoms with van der Waals surface area (Å²) in [6.45, 7) is 0.353. The first-order chi connectivity index (χ1) is 17.0. The zero-order valence-electron chi connectivity index (χ0n) is 19.5. The van der Waals surface area contributed by atoms with Gasteiger partial charge in [0.15, 0.2) is 11.5 Å². The number of aromatic nitrogens is 2. The van der Waals surface area contributed by atoms with Crippen LogP contribution in [0.25, 0.3) is 32.9 Å². The molecule has 0 fully saturated rings. The van der Waals surface area contributed by atoms with E-state index in [9.17, 15) is 9.50 Å². The monoisotopic (exact) mass is 473 g/mol. The van der Waals surface area contributed by atoms with Gasteiger partial charge in [0.1, 0.15) is 11.6 Å². The number of rotatable bonds is 6. The largest absolute Gasteiger partial charge is 0.496 e. The number of nitrogens with two attached hydrogens (primary N) is 1. The third kappa shape index (κ3) is 3.63. The minimum absolute atomic E-state index is 0.00411. The number of para-hydroxylation sites is 1. The fraction of sp³-hybridized carbons (Fsp3) is 0.148. The molecule has 2 heterocycles. The summed E-state index contributed by atoms with van der Waals surface area (Å²) in [5.74, 6) is 1.17. The topological polar surface area (TPSA) is 91.8 Å². The number of halogens is 1. The van der Waals surface area contributed by atoms with E-state index in [1.807, 2.05) is 18.2 Å². The summed E-state index contributed by atoms with van der Waals surface area (Å²) in [4.78, 5) is 4.79. The fourth-order valence-corrected chi connectivity index (χ4v) is 4.44. The molecule has 0 amide bonds. The van der Waals surface area contributed by atoms with Crippen LogP contribution in [-0.2, 0) is 6.54 Å². The molecule has 0 spiro atoms. The van der Waals surface area contributed by atoms with Crippen LogP contribution in [0.3, 0.4) is 0 Å². The van der Waals surface area contributed by atoms with E-state index in [4.69, 9.17) is 24.9 Å². The Labute approximate surface area is 201 Å². The Morgan fingerprint density at radius 2 is 1.69 bits per heavy atom. The molecule has 3 aromatic carbocycles. The van der Waals surface area contributed by atoms with Gasteiger partial charge < -0.3 is 29.6 Å². The number of benzene rings is 3. The SMILES string of the molecule is COc1ccc(Cn2cc3nc4c(-c5c(F)cccc5OC)cccc4c(N)c3c2O)cc1OC. The lowest BCUT2D eigenvalue weighted by Gasteiger charge is -2.13. The van der Waals surface area contributed by atoms with Gasteiger partial charge in [-0.15, -0.1) is 0 Å². The van der Waals surface area contributed by atoms with Gasteiger partial charge in [0.2, 0.25) is 5.88 Å². The summed E-state index contributed by atoms with van der Waals surface area (Å²) < 4.78 is 32.7. The average molecular weight is 474 g/mol. The summed E-state index contributed by atoms with van der Waals surface area (Å²) in [6.07, 6.45) is 1.73. The van der Waals surface area contributed by atoms with Gasteiger partial charge in [-0.05, 0) is 29.8 Å². The van der Waals surface area contributed by atoms with Gasteiger partial charge in [-0.2, -0.15) is 0 Å². The quantitative estimate of drug-likeness (QED) is 0.345. The first-order valence-electron chi connectivity index (χ1n) is 10.9. The van der Waals surface area contributed by atoms with Crippen molar-refractivity contribution in [3.63, 3.8) is 0 Å². The van der Waals surface area contributed by atoms with Crippen LogP contribution in [0.1, 0.15) is 5.56 Å². The Bertz CT molecular complexity index is 1580. The number of hydrogen-bond donors (Lipinski definition) is 2. The number of nitrogens with zero attached hydrogens (tertiary/aromatic N) is 2. The zero-order chi connectivity index (χ0) is 24.7. The Morgan fingerprint density at radius 3 is 2.43 bits per heavy atom. The fourth-order valence-electron chi connectivity index (χ4n) is 4.44. The minimum Gasteiger partial charge on any atom is -0.496 e. The Morgan fingerprint density at radius 1 is 0.943 bits per heavy atom. The van der Waals surface area contributed by atoms with Crippen molar-refractivity contribution < 1.29 is 23.7 Å². The van der Waals surface area contributed by atoms with E-state index in [-0.39, 0.29) is 5.88 Å². The molecule has 0 aliphatic rings. The summed E-state index contributed by atoms with van der Waals surface area (Å²) in [7, 11) is 4.64. The summed E-state index contributed by atoms with van der Waals surface area (Å²) >= 11 is 0. The summed E-state index contributed by atoms with van der Waals surface area (Å²) in [6, 6.07) is 15.6. The van der Waals surface area contributed by atoms with Crippen LogP contribution in [0, 0.1) is 5.82 Å². The first kappa shape index (κ1) is 22.3. The van der Waals surface area contributed by atoms with Crippen molar-refractivity contribution in [1.29, 1.82) is 0 Å². The molecular formula is C27H24FN3O4. The smallest absolute Gasteiger partial charge is 0.203 e. The highest BCUT2D eigenvalue weighted by molar-refractivity contribution is 6.12. The van der Waals surface area contributed by atoms with E-state index in [2.05, 4.69) is 0 Å². The Balaban J connectivity index is 1.68. The molecule has 0 aliphatic heterocycles. The van der Waals surface area contributed by atoms with Crippen molar-refractivity contribution in [3.05, 3.63) is 72.2 Å². The molecule has 3 N–H and O–H groups in total. The number of hydrogen-bond acceptors (Lipinski definition) is 6. The number of anilines is 1. The first-order valence-corrected chi connectivity index (χ1v) is 10.9. The molecule has 0 saturated heterocycles. The molecule has 8 heteroatoms. The number of aromatic hydroxyl groups is 1. The maximum atomic E-state index is 14.9. The predicted molar refractivity (Wildman–Crippen MR) is 134 cm³/mol. The van der Waals surface area contributed by atoms with Crippen molar-refractivity contribution in [2.24, 2.45) is 0 Å². The highest BCUT2D eigenvalue weighted by atomic mass is 19.1. The van der Waals surface area contributed by atoms with Crippen molar-refractivity contribution in [2.45, 2.75) is 6.54 Å². The second-order valence-corrected chi connectivity index (χ2v) is 8.07. The molecular weight excluding hydrogens is 449 g/mol. The van der Waals surface area contributed by atoms with Crippen LogP contribution in [0.15, 0.2) is 60.8 Å². The lowest BCUT2D eigenvalue weighted by molar-refractivity contribution is 0.354. The average Bonchev–Trinajstić information content (AvgIpc) is 3.18. The molecule has 0 atom stereocenters. The van der Waals surface area contributed by atoms with Crippen LogP contribution in [0.2, 0.25) is 0 Å². The number of methoxy groups -OCH3 is 3. The second kappa shape index (κ2) is 8.72. The molecule has 7 nitrogen and oxygen atoms in total. The van der Waals surface area contributed by atoms with E-state index in [0.717, 1.165) is 5.56 Å². The van der Waals surface area contributed by atoms with Gasteiger partial charge >= 0.3 is 0 Å². The maximum absolute atomic E-state index is 14.9. The molecule has 0 saturated carbocycles. The number of pyridine rings is 1. The van der Waals surface area contributed by atoms with Gasteiger partial charge in [-0.1, -0.05) is 30.3 Å². The van der Waals surface area contributed by atoms with Gasteiger partial charge in [-0.25, -0.2) is 9.37 Å². The maximum Gasteiger partial charge on any atom is 0.203 e. The van der Waals surface area contributed by atoms with Crippen LogP contribution in [0.5, 0.6) is 23.1 Å². The normalized spacial score (nSPS) is 11.2. The van der Waals surface area contributed by atoms with E-state index in [0.29, 0.717) is 62.4 Å². The van der Waals surface area contributed by atoms with E-state index in [1.54, 1.807) is 55.3 Å². The van der Waals surface area contributed by atoms with E-state index < -0.39 is 5.82 Å². The molecule has 35 heavy (non-hydrogen) atoms. The predicted octanol–water partition coefficient (Wildman–Crippen LogP) is 5.36. The standard InChI is InChI=1S/C27H24FN3O4/c1-33-20-11-10-15(12-22(20)35-3)13-31-14-19-24(27(31)32)25(29)17-7-4-6-16(26(17)30-19)23-18(28)8-5-9-21(23)34-2/h4-12,14,32H,13,29H2,1-3H3. The third-order valence-electron chi connectivity index (χ3n) is 6.12. The lowest BCUT2D eigenvalue weighted by Crippen LogP contribution is -1.99. The van der Waals surface area contributed by atoms with E-state index >= 15 is 0 Å². The summed E-state index contributed by atoms with van der Waals surface area (Å²) in [5.41, 5.74) is 9.65. The van der Waals surface area contributed by atoms with Gasteiger partial charge in [0.25, 0.3) is 0 Å². The number of nitrogen functional groups attached to an aromatic ring is 1. The minimum atomic E-state index is -0.425. The van der Waals surface area contributed by atoms with Crippen molar-refractivity contribution in [1.82, 2.24) is 9.55 Å². The number of ether oxygens (including phenoxy) is 3. The third-order valence-corrected chi connectivity index (χ3v) is 6.12. The molecule has 2 aromatic heterocycles. The van der Waals surface area contributed by atoms with E-state index in [1.165, 1.54) is 13.2 Å². The summed E-state index contributed by atoms with van der Waals surface area (Å²) in [5, 5.41) is 12.1. The van der Waals surface area contributed by atoms with Crippen molar-refractivity contribution >= 4 is 27.5 Å². The molecule has 5 rings (SSSR count). The second-order valence-electron chi connectivity index (χ2n) is 8.07. The molecule has 178 valence electrons. The van der Waals surface area contributed by atoms with Crippen molar-refractivity contribution in [2.75, 3.05) is 27.1 Å². The van der Waals surface area contributed by atoms with Crippen LogP contribution in [0.4, 0.5) is 10.1 Å². The Kier molecular flexibility index (Phi) is 5.56. The molecule has 0 radical (unpaired) electrons. The van der Waals surface area contributed by atoms with Crippen molar-refractivity contribution in [3.8, 4) is 34.3 Å². The van der Waals surface area contributed by atoms with Crippen LogP contribution in [-0.4, -0.2) is 36.0 Å². The highest BCUT2D eigenvalue weighted by Gasteiger charge is 2.20. The number of fused-ring (bicyclic) bond motifs is 2. The van der Waals surface area contributed by atoms with Gasteiger partial charge in [0, 0.05) is 17.1 Å². The lowest BCUT2D eigenvalue weighted by atomic mass is 9.99. The van der Waals surface area contributed by atoms with Gasteiger partial charge in [0.05, 0.1) is 55.5 Å². The van der Waals surface area contributed by atoms with Gasteiger partial charge in [-0.3, -0.25) is 0 Å². The molecule has 5 aromatic rings. The highest BCUT2D eigenvalue weighted by Crippen LogP contribution is 2.42. The van der Waals surface area contributed by atoms with Crippen LogP contribution < -0.4 is 19.9 Å². The molecule has 0 aliphatic carbocycles.